The van der Waals surface area contributed by atoms with Gasteiger partial charge in [0.2, 0.25) is 0 Å². The van der Waals surface area contributed by atoms with E-state index < -0.39 is 5.41 Å². The predicted molar refractivity (Wildman–Crippen MR) is 146 cm³/mol. The summed E-state index contributed by atoms with van der Waals surface area (Å²) in [5.41, 5.74) is 10.0. The van der Waals surface area contributed by atoms with Gasteiger partial charge < -0.3 is 5.11 Å². The third-order valence-electron chi connectivity index (χ3n) is 7.48. The number of fused-ring (bicyclic) bond motifs is 1. The Labute approximate surface area is 208 Å². The van der Waals surface area contributed by atoms with Crippen molar-refractivity contribution in [1.29, 1.82) is 0 Å². The number of anilines is 3. The van der Waals surface area contributed by atoms with Gasteiger partial charge in [0.25, 0.3) is 0 Å². The Kier molecular flexibility index (Phi) is 5.47. The maximum absolute atomic E-state index is 11.8. The van der Waals surface area contributed by atoms with Crippen LogP contribution in [0.15, 0.2) is 97.1 Å². The second kappa shape index (κ2) is 8.38. The van der Waals surface area contributed by atoms with Crippen LogP contribution < -0.4 is 15.6 Å². The molecule has 1 heterocycles. The fourth-order valence-electron chi connectivity index (χ4n) is 5.02. The molecule has 0 aromatic heterocycles. The van der Waals surface area contributed by atoms with E-state index >= 15 is 0 Å². The lowest BCUT2D eigenvalue weighted by atomic mass is 9.72. The molecule has 5 rings (SSSR count). The molecule has 0 atom stereocenters. The molecule has 1 aliphatic rings. The molecule has 0 aliphatic carbocycles. The molecule has 1 aliphatic heterocycles. The van der Waals surface area contributed by atoms with Crippen LogP contribution in [0.5, 0.6) is 5.75 Å². The van der Waals surface area contributed by atoms with E-state index in [1.165, 1.54) is 5.56 Å². The summed E-state index contributed by atoms with van der Waals surface area (Å²) in [6, 6.07) is 33.4. The van der Waals surface area contributed by atoms with Gasteiger partial charge in [0.1, 0.15) is 11.4 Å². The van der Waals surface area contributed by atoms with Gasteiger partial charge in [-0.05, 0) is 34.9 Å². The number of para-hydroxylation sites is 2. The maximum atomic E-state index is 11.8. The first-order chi connectivity index (χ1) is 16.7. The molecule has 35 heavy (non-hydrogen) atoms. The lowest BCUT2D eigenvalue weighted by Gasteiger charge is -2.35. The van der Waals surface area contributed by atoms with Gasteiger partial charge in [-0.15, -0.1) is 0 Å². The molecule has 178 valence electrons. The van der Waals surface area contributed by atoms with E-state index in [9.17, 15) is 5.11 Å². The molecule has 0 amide bonds. The third-order valence-corrected chi connectivity index (χ3v) is 7.48. The normalized spacial score (nSPS) is 13.5. The molecular formula is C31H33N3O. The van der Waals surface area contributed by atoms with E-state index in [2.05, 4.69) is 106 Å². The first kappa shape index (κ1) is 22.9. The summed E-state index contributed by atoms with van der Waals surface area (Å²) >= 11 is 0. The Morgan fingerprint density at radius 2 is 1.17 bits per heavy atom. The first-order valence-electron chi connectivity index (χ1n) is 12.1. The molecule has 0 spiro atoms. The molecule has 4 aromatic carbocycles. The fourth-order valence-corrected chi connectivity index (χ4v) is 5.02. The molecule has 4 aromatic rings. The molecule has 2 N–H and O–H groups in total. The zero-order valence-electron chi connectivity index (χ0n) is 21.1. The molecule has 0 saturated carbocycles. The number of phenols is 1. The van der Waals surface area contributed by atoms with Crippen LogP contribution in [0.4, 0.5) is 17.1 Å². The standard InChI is InChI=1S/C31H33N3O/c1-30(2,22-14-8-6-9-15-22)24-20-25(31(3,4)23-16-10-7-11-17-23)29(35)28(21-24)34-32-26-18-12-13-19-27(26)33(34)5/h6-21,32,35H,1-5H3. The number of phenolic OH excluding ortho intramolecular Hbond substituents is 1. The van der Waals surface area contributed by atoms with Crippen molar-refractivity contribution in [3.63, 3.8) is 0 Å². The van der Waals surface area contributed by atoms with Gasteiger partial charge in [-0.1, -0.05) is 107 Å². The number of aromatic hydroxyl groups is 1. The maximum Gasteiger partial charge on any atom is 0.147 e. The number of rotatable bonds is 5. The Balaban J connectivity index is 1.72. The zero-order valence-corrected chi connectivity index (χ0v) is 21.1. The molecular weight excluding hydrogens is 430 g/mol. The van der Waals surface area contributed by atoms with E-state index in [1.807, 2.05) is 41.4 Å². The van der Waals surface area contributed by atoms with Gasteiger partial charge in [-0.2, -0.15) is 5.12 Å². The van der Waals surface area contributed by atoms with E-state index in [4.69, 9.17) is 0 Å². The minimum atomic E-state index is -0.409. The largest absolute Gasteiger partial charge is 0.505 e. The van der Waals surface area contributed by atoms with E-state index in [0.29, 0.717) is 0 Å². The molecule has 4 heteroatoms. The van der Waals surface area contributed by atoms with Crippen LogP contribution in [0, 0.1) is 0 Å². The minimum Gasteiger partial charge on any atom is -0.505 e. The summed E-state index contributed by atoms with van der Waals surface area (Å²) in [7, 11) is 2.01. The summed E-state index contributed by atoms with van der Waals surface area (Å²) in [4.78, 5) is 0. The molecule has 4 nitrogen and oxygen atoms in total. The molecule has 0 fully saturated rings. The van der Waals surface area contributed by atoms with Crippen molar-refractivity contribution in [2.75, 3.05) is 22.6 Å². The highest BCUT2D eigenvalue weighted by Crippen LogP contribution is 2.47. The molecule has 0 saturated heterocycles. The summed E-state index contributed by atoms with van der Waals surface area (Å²) in [5, 5.41) is 15.8. The summed E-state index contributed by atoms with van der Waals surface area (Å²) in [6.45, 7) is 8.84. The van der Waals surface area contributed by atoms with Crippen LogP contribution in [0.1, 0.15) is 49.9 Å². The second-order valence-corrected chi connectivity index (χ2v) is 10.3. The van der Waals surface area contributed by atoms with Crippen molar-refractivity contribution in [1.82, 2.24) is 0 Å². The highest BCUT2D eigenvalue weighted by Gasteiger charge is 2.35. The highest BCUT2D eigenvalue weighted by atomic mass is 16.3. The van der Waals surface area contributed by atoms with E-state index in [1.54, 1.807) is 0 Å². The second-order valence-electron chi connectivity index (χ2n) is 10.3. The molecule has 0 bridgehead atoms. The lowest BCUT2D eigenvalue weighted by molar-refractivity contribution is 0.451. The Morgan fingerprint density at radius 3 is 1.77 bits per heavy atom. The number of benzene rings is 4. The summed E-state index contributed by atoms with van der Waals surface area (Å²) in [5.74, 6) is 0.277. The van der Waals surface area contributed by atoms with E-state index in [0.717, 1.165) is 33.8 Å². The van der Waals surface area contributed by atoms with Crippen LogP contribution in [0.25, 0.3) is 0 Å². The van der Waals surface area contributed by atoms with Gasteiger partial charge in [-0.25, -0.2) is 0 Å². The van der Waals surface area contributed by atoms with Crippen molar-refractivity contribution in [2.24, 2.45) is 0 Å². The highest BCUT2D eigenvalue weighted by molar-refractivity contribution is 5.82. The topological polar surface area (TPSA) is 38.7 Å². The van der Waals surface area contributed by atoms with Crippen LogP contribution >= 0.6 is 0 Å². The third kappa shape index (κ3) is 3.79. The van der Waals surface area contributed by atoms with Crippen molar-refractivity contribution in [3.05, 3.63) is 119 Å². The SMILES string of the molecule is CN1c2ccccc2NN1c1cc(C(C)(C)c2ccccc2)cc(C(C)(C)c2ccccc2)c1O. The van der Waals surface area contributed by atoms with Gasteiger partial charge >= 0.3 is 0 Å². The number of nitrogens with zero attached hydrogens (tertiary/aromatic N) is 2. The van der Waals surface area contributed by atoms with Crippen molar-refractivity contribution in [3.8, 4) is 5.75 Å². The van der Waals surface area contributed by atoms with Crippen LogP contribution in [0.2, 0.25) is 0 Å². The van der Waals surface area contributed by atoms with Crippen LogP contribution in [-0.4, -0.2) is 12.2 Å². The molecule has 0 unspecified atom stereocenters. The fraction of sp³-hybridized carbons (Fsp3) is 0.226. The average molecular weight is 464 g/mol. The smallest absolute Gasteiger partial charge is 0.147 e. The monoisotopic (exact) mass is 463 g/mol. The number of nitrogens with one attached hydrogen (secondary N) is 1. The van der Waals surface area contributed by atoms with Gasteiger partial charge in [0, 0.05) is 23.4 Å². The van der Waals surface area contributed by atoms with Gasteiger partial charge in [-0.3, -0.25) is 10.4 Å². The van der Waals surface area contributed by atoms with Crippen molar-refractivity contribution < 1.29 is 5.11 Å². The minimum absolute atomic E-state index is 0.267. The number of hydrogen-bond acceptors (Lipinski definition) is 4. The van der Waals surface area contributed by atoms with Crippen LogP contribution in [0.3, 0.4) is 0 Å². The van der Waals surface area contributed by atoms with Crippen molar-refractivity contribution in [2.45, 2.75) is 38.5 Å². The van der Waals surface area contributed by atoms with E-state index in [-0.39, 0.29) is 11.2 Å². The summed E-state index contributed by atoms with van der Waals surface area (Å²) < 4.78 is 0. The summed E-state index contributed by atoms with van der Waals surface area (Å²) in [6.07, 6.45) is 0. The Bertz CT molecular complexity index is 1350. The number of hydrazine groups is 2. The first-order valence-corrected chi connectivity index (χ1v) is 12.1. The number of hydrogen-bond donors (Lipinski definition) is 2. The van der Waals surface area contributed by atoms with Gasteiger partial charge in [0.05, 0.1) is 11.4 Å². The lowest BCUT2D eigenvalue weighted by Crippen LogP contribution is -2.39. The molecule has 0 radical (unpaired) electrons. The van der Waals surface area contributed by atoms with Crippen molar-refractivity contribution >= 4 is 17.1 Å². The zero-order chi connectivity index (χ0) is 24.8. The Morgan fingerprint density at radius 1 is 0.629 bits per heavy atom. The van der Waals surface area contributed by atoms with Crippen LogP contribution in [-0.2, 0) is 10.8 Å². The Hall–Kier alpha value is -3.92. The predicted octanol–water partition coefficient (Wildman–Crippen LogP) is 7.24. The quantitative estimate of drug-likeness (QED) is 0.327. The van der Waals surface area contributed by atoms with Gasteiger partial charge in [0.15, 0.2) is 0 Å². The average Bonchev–Trinajstić information content (AvgIpc) is 3.21.